The van der Waals surface area contributed by atoms with Crippen LogP contribution in [0.1, 0.15) is 38.8 Å². The van der Waals surface area contributed by atoms with Crippen molar-refractivity contribution in [3.63, 3.8) is 0 Å². The number of aromatic nitrogens is 2. The number of nitrogens with one attached hydrogen (secondary N) is 3. The fraction of sp³-hybridized carbons (Fsp3) is 0.588. The van der Waals surface area contributed by atoms with Crippen LogP contribution < -0.4 is 22.1 Å². The van der Waals surface area contributed by atoms with Crippen molar-refractivity contribution >= 4 is 23.7 Å². The molecule has 1 heterocycles. The number of hydrogen-bond donors (Lipinski definition) is 6. The monoisotopic (exact) mass is 396 g/mol. The number of imidazole rings is 1. The van der Waals surface area contributed by atoms with E-state index >= 15 is 0 Å². The van der Waals surface area contributed by atoms with Crippen LogP contribution in [-0.4, -0.2) is 56.9 Å². The minimum absolute atomic E-state index is 0.142. The number of primary amides is 1. The Morgan fingerprint density at radius 1 is 1.25 bits per heavy atom. The lowest BCUT2D eigenvalue weighted by Crippen LogP contribution is -2.57. The Labute approximate surface area is 162 Å². The molecule has 0 aliphatic heterocycles. The lowest BCUT2D eigenvalue weighted by molar-refractivity contribution is -0.142. The van der Waals surface area contributed by atoms with Crippen molar-refractivity contribution in [2.45, 2.75) is 57.7 Å². The first-order valence-corrected chi connectivity index (χ1v) is 9.00. The quantitative estimate of drug-likeness (QED) is 0.251. The van der Waals surface area contributed by atoms with Crippen LogP contribution in [0.15, 0.2) is 12.5 Å². The first-order valence-electron chi connectivity index (χ1n) is 9.00. The van der Waals surface area contributed by atoms with Crippen LogP contribution in [0.3, 0.4) is 0 Å². The third-order valence-corrected chi connectivity index (χ3v) is 4.42. The maximum atomic E-state index is 12.6. The van der Waals surface area contributed by atoms with E-state index in [0.29, 0.717) is 12.1 Å². The van der Waals surface area contributed by atoms with E-state index in [9.17, 15) is 24.3 Å². The molecule has 3 amide bonds. The molecule has 0 saturated carbocycles. The van der Waals surface area contributed by atoms with E-state index in [4.69, 9.17) is 11.5 Å². The van der Waals surface area contributed by atoms with E-state index in [1.165, 1.54) is 6.33 Å². The van der Waals surface area contributed by atoms with Crippen molar-refractivity contribution < 1.29 is 24.3 Å². The van der Waals surface area contributed by atoms with Crippen molar-refractivity contribution in [3.8, 4) is 0 Å². The van der Waals surface area contributed by atoms with Gasteiger partial charge in [0.25, 0.3) is 0 Å². The van der Waals surface area contributed by atoms with E-state index in [-0.39, 0.29) is 25.2 Å². The molecular formula is C17H28N6O5. The van der Waals surface area contributed by atoms with E-state index in [1.54, 1.807) is 13.1 Å². The van der Waals surface area contributed by atoms with Gasteiger partial charge < -0.3 is 32.2 Å². The van der Waals surface area contributed by atoms with Gasteiger partial charge in [-0.3, -0.25) is 14.4 Å². The number of nitrogens with zero attached hydrogens (tertiary/aromatic N) is 1. The van der Waals surface area contributed by atoms with Gasteiger partial charge in [-0.2, -0.15) is 0 Å². The molecule has 0 unspecified atom stereocenters. The van der Waals surface area contributed by atoms with Gasteiger partial charge in [-0.25, -0.2) is 9.78 Å². The Bertz CT molecular complexity index is 678. The second-order valence-corrected chi connectivity index (χ2v) is 6.66. The number of hydrogen-bond acceptors (Lipinski definition) is 6. The van der Waals surface area contributed by atoms with E-state index in [1.807, 2.05) is 6.92 Å². The fourth-order valence-corrected chi connectivity index (χ4v) is 2.49. The highest BCUT2D eigenvalue weighted by Gasteiger charge is 2.31. The van der Waals surface area contributed by atoms with Crippen LogP contribution in [0.25, 0.3) is 0 Å². The Hall–Kier alpha value is -2.95. The summed E-state index contributed by atoms with van der Waals surface area (Å²) in [6, 6.07) is -3.17. The van der Waals surface area contributed by atoms with Crippen LogP contribution in [-0.2, 0) is 25.6 Å². The third-order valence-electron chi connectivity index (χ3n) is 4.42. The molecule has 11 heteroatoms. The third kappa shape index (κ3) is 7.35. The molecule has 1 aromatic heterocycles. The lowest BCUT2D eigenvalue weighted by Gasteiger charge is -2.26. The van der Waals surface area contributed by atoms with Crippen molar-refractivity contribution in [1.82, 2.24) is 20.6 Å². The summed E-state index contributed by atoms with van der Waals surface area (Å²) in [6.07, 6.45) is 3.45. The zero-order valence-electron chi connectivity index (χ0n) is 16.0. The summed E-state index contributed by atoms with van der Waals surface area (Å²) < 4.78 is 0. The average Bonchev–Trinajstić information content (AvgIpc) is 3.14. The molecule has 0 aliphatic rings. The number of amides is 3. The zero-order valence-corrected chi connectivity index (χ0v) is 16.0. The second kappa shape index (κ2) is 11.0. The van der Waals surface area contributed by atoms with Crippen LogP contribution in [0, 0.1) is 5.92 Å². The van der Waals surface area contributed by atoms with Crippen molar-refractivity contribution in [2.24, 2.45) is 17.4 Å². The molecule has 11 nitrogen and oxygen atoms in total. The number of aromatic amines is 1. The second-order valence-electron chi connectivity index (χ2n) is 6.66. The van der Waals surface area contributed by atoms with Gasteiger partial charge in [-0.1, -0.05) is 20.3 Å². The summed E-state index contributed by atoms with van der Waals surface area (Å²) in [7, 11) is 0. The van der Waals surface area contributed by atoms with Gasteiger partial charge in [0, 0.05) is 24.7 Å². The Morgan fingerprint density at radius 2 is 1.93 bits per heavy atom. The van der Waals surface area contributed by atoms with Crippen molar-refractivity contribution in [2.75, 3.05) is 0 Å². The molecule has 1 rings (SSSR count). The number of carbonyl (C=O) groups excluding carboxylic acids is 3. The molecule has 4 atom stereocenters. The normalized spacial score (nSPS) is 15.1. The summed E-state index contributed by atoms with van der Waals surface area (Å²) in [5, 5.41) is 14.2. The minimum Gasteiger partial charge on any atom is -0.480 e. The summed E-state index contributed by atoms with van der Waals surface area (Å²) >= 11 is 0. The van der Waals surface area contributed by atoms with Crippen LogP contribution in [0.4, 0.5) is 0 Å². The van der Waals surface area contributed by atoms with Gasteiger partial charge in [0.1, 0.15) is 12.1 Å². The van der Waals surface area contributed by atoms with Gasteiger partial charge in [-0.05, 0) is 12.3 Å². The predicted molar refractivity (Wildman–Crippen MR) is 99.6 cm³/mol. The van der Waals surface area contributed by atoms with Gasteiger partial charge >= 0.3 is 5.97 Å². The van der Waals surface area contributed by atoms with Crippen LogP contribution in [0.2, 0.25) is 0 Å². The van der Waals surface area contributed by atoms with Crippen molar-refractivity contribution in [3.05, 3.63) is 18.2 Å². The Kier molecular flexibility index (Phi) is 9.09. The molecule has 156 valence electrons. The van der Waals surface area contributed by atoms with Crippen LogP contribution >= 0.6 is 0 Å². The first-order chi connectivity index (χ1) is 13.1. The number of nitrogens with two attached hydrogens (primary N) is 2. The average molecular weight is 396 g/mol. The molecule has 0 bridgehead atoms. The number of rotatable bonds is 12. The van der Waals surface area contributed by atoms with Gasteiger partial charge in [-0.15, -0.1) is 0 Å². The number of H-pyrrole nitrogens is 1. The highest BCUT2D eigenvalue weighted by atomic mass is 16.4. The van der Waals surface area contributed by atoms with Gasteiger partial charge in [0.2, 0.25) is 17.7 Å². The molecule has 0 saturated heterocycles. The maximum Gasteiger partial charge on any atom is 0.326 e. The topological polar surface area (TPSA) is 193 Å². The molecular weight excluding hydrogens is 368 g/mol. The number of carboxylic acids is 1. The molecule has 8 N–H and O–H groups in total. The minimum atomic E-state index is -1.29. The van der Waals surface area contributed by atoms with Gasteiger partial charge in [0.15, 0.2) is 0 Å². The maximum absolute atomic E-state index is 12.6. The standard InChI is InChI=1S/C17H28N6O5/c1-3-9(2)14(16(26)22-12(17(27)28)4-5-13(19)24)23-15(25)11(18)6-10-7-20-8-21-10/h7-9,11-12,14H,3-6,18H2,1-2H3,(H2,19,24)(H,20,21)(H,22,26)(H,23,25)(H,27,28)/t9-,11-,12-,14-/m0/s1. The molecule has 0 aliphatic carbocycles. The number of carboxylic acid groups (broad SMARTS) is 1. The van der Waals surface area contributed by atoms with Crippen LogP contribution in [0.5, 0.6) is 0 Å². The zero-order chi connectivity index (χ0) is 21.3. The molecule has 0 aromatic carbocycles. The van der Waals surface area contributed by atoms with Gasteiger partial charge in [0.05, 0.1) is 12.4 Å². The fourth-order valence-electron chi connectivity index (χ4n) is 2.49. The lowest BCUT2D eigenvalue weighted by atomic mass is 9.97. The summed E-state index contributed by atoms with van der Waals surface area (Å²) in [5.74, 6) is -3.43. The highest BCUT2D eigenvalue weighted by molar-refractivity contribution is 5.92. The molecule has 0 radical (unpaired) electrons. The summed E-state index contributed by atoms with van der Waals surface area (Å²) in [4.78, 5) is 53.9. The summed E-state index contributed by atoms with van der Waals surface area (Å²) in [6.45, 7) is 3.59. The summed E-state index contributed by atoms with van der Waals surface area (Å²) in [5.41, 5.74) is 11.6. The van der Waals surface area contributed by atoms with E-state index in [0.717, 1.165) is 0 Å². The Balaban J connectivity index is 2.79. The Morgan fingerprint density at radius 3 is 2.43 bits per heavy atom. The SMILES string of the molecule is CC[C@H](C)[C@H](NC(=O)[C@@H](N)Cc1cnc[nH]1)C(=O)N[C@@H](CCC(N)=O)C(=O)O. The highest BCUT2D eigenvalue weighted by Crippen LogP contribution is 2.10. The first kappa shape index (κ1) is 23.1. The van der Waals surface area contributed by atoms with E-state index < -0.39 is 41.8 Å². The smallest absolute Gasteiger partial charge is 0.326 e. The molecule has 28 heavy (non-hydrogen) atoms. The van der Waals surface area contributed by atoms with E-state index in [2.05, 4.69) is 20.6 Å². The number of aliphatic carboxylic acids is 1. The number of carbonyl (C=O) groups is 4. The van der Waals surface area contributed by atoms with Crippen molar-refractivity contribution in [1.29, 1.82) is 0 Å². The molecule has 0 spiro atoms. The largest absolute Gasteiger partial charge is 0.480 e. The molecule has 0 fully saturated rings. The molecule has 1 aromatic rings. The predicted octanol–water partition coefficient (Wildman–Crippen LogP) is -1.35.